The van der Waals surface area contributed by atoms with Gasteiger partial charge in [-0.2, -0.15) is 5.10 Å². The highest BCUT2D eigenvalue weighted by Crippen LogP contribution is 2.39. The average molecular weight is 316 g/mol. The van der Waals surface area contributed by atoms with Gasteiger partial charge < -0.3 is 10.7 Å². The summed E-state index contributed by atoms with van der Waals surface area (Å²) < 4.78 is 1.81. The molecular formula is C18H16N6. The zero-order valence-corrected chi connectivity index (χ0v) is 13.2. The molecule has 5 rings (SSSR count). The number of benzene rings is 1. The van der Waals surface area contributed by atoms with Crippen molar-refractivity contribution in [3.8, 4) is 22.4 Å². The van der Waals surface area contributed by atoms with E-state index < -0.39 is 0 Å². The number of nitrogens with zero attached hydrogens (tertiary/aromatic N) is 4. The molecule has 1 aliphatic carbocycles. The molecule has 0 fully saturated rings. The van der Waals surface area contributed by atoms with Crippen LogP contribution < -0.4 is 5.73 Å². The lowest BCUT2D eigenvalue weighted by atomic mass is 9.92. The maximum Gasteiger partial charge on any atom is 0.220 e. The predicted octanol–water partition coefficient (Wildman–Crippen LogP) is 2.71. The molecule has 0 saturated carbocycles. The SMILES string of the molecule is Cn1cc(-c2ccc3[nH]c4c(c3c2)-c2nc(N)ncc2CC4)cn1. The van der Waals surface area contributed by atoms with E-state index in [-0.39, 0.29) is 0 Å². The molecule has 0 amide bonds. The Morgan fingerprint density at radius 1 is 1.17 bits per heavy atom. The van der Waals surface area contributed by atoms with Gasteiger partial charge in [0.15, 0.2) is 0 Å². The highest BCUT2D eigenvalue weighted by molar-refractivity contribution is 6.00. The predicted molar refractivity (Wildman–Crippen MR) is 93.3 cm³/mol. The highest BCUT2D eigenvalue weighted by atomic mass is 15.2. The van der Waals surface area contributed by atoms with E-state index in [1.807, 2.05) is 30.3 Å². The second kappa shape index (κ2) is 4.67. The summed E-state index contributed by atoms with van der Waals surface area (Å²) in [5.41, 5.74) is 13.7. The summed E-state index contributed by atoms with van der Waals surface area (Å²) in [5, 5.41) is 5.44. The van der Waals surface area contributed by atoms with E-state index in [9.17, 15) is 0 Å². The van der Waals surface area contributed by atoms with Gasteiger partial charge in [-0.1, -0.05) is 6.07 Å². The van der Waals surface area contributed by atoms with Gasteiger partial charge in [0.1, 0.15) is 0 Å². The normalized spacial score (nSPS) is 13.0. The summed E-state index contributed by atoms with van der Waals surface area (Å²) in [6.07, 6.45) is 7.66. The first-order valence-electron chi connectivity index (χ1n) is 7.94. The number of fused-ring (bicyclic) bond motifs is 5. The molecule has 0 saturated heterocycles. The van der Waals surface area contributed by atoms with Crippen LogP contribution >= 0.6 is 0 Å². The van der Waals surface area contributed by atoms with Crippen molar-refractivity contribution in [2.75, 3.05) is 5.73 Å². The van der Waals surface area contributed by atoms with Gasteiger partial charge in [-0.15, -0.1) is 0 Å². The zero-order valence-electron chi connectivity index (χ0n) is 13.2. The molecule has 6 heteroatoms. The van der Waals surface area contributed by atoms with Gasteiger partial charge in [-0.25, -0.2) is 9.97 Å². The van der Waals surface area contributed by atoms with Crippen LogP contribution in [0.2, 0.25) is 0 Å². The number of nitrogen functional groups attached to an aromatic ring is 1. The van der Waals surface area contributed by atoms with Crippen LogP contribution in [-0.4, -0.2) is 24.7 Å². The summed E-state index contributed by atoms with van der Waals surface area (Å²) in [7, 11) is 1.93. The van der Waals surface area contributed by atoms with Gasteiger partial charge in [0.05, 0.1) is 11.9 Å². The van der Waals surface area contributed by atoms with E-state index in [0.29, 0.717) is 5.95 Å². The Hall–Kier alpha value is -3.15. The molecular weight excluding hydrogens is 300 g/mol. The standard InChI is InChI=1S/C18H16N6/c1-24-9-12(8-21-24)10-2-4-14-13(6-10)16-15(22-14)5-3-11-7-20-18(19)23-17(11)16/h2,4,6-9,22H,3,5H2,1H3,(H2,19,20,23). The van der Waals surface area contributed by atoms with Gasteiger partial charge >= 0.3 is 0 Å². The molecule has 1 aliphatic rings. The highest BCUT2D eigenvalue weighted by Gasteiger charge is 2.23. The third-order valence-corrected chi connectivity index (χ3v) is 4.68. The fourth-order valence-electron chi connectivity index (χ4n) is 3.54. The van der Waals surface area contributed by atoms with Crippen LogP contribution in [0.3, 0.4) is 0 Å². The first-order valence-corrected chi connectivity index (χ1v) is 7.94. The number of nitrogens with two attached hydrogens (primary N) is 1. The summed E-state index contributed by atoms with van der Waals surface area (Å²) in [5.74, 6) is 0.319. The van der Waals surface area contributed by atoms with Crippen LogP contribution in [0.1, 0.15) is 11.3 Å². The van der Waals surface area contributed by atoms with Gasteiger partial charge in [0.2, 0.25) is 5.95 Å². The number of aromatic nitrogens is 5. The van der Waals surface area contributed by atoms with E-state index in [1.165, 1.54) is 11.1 Å². The maximum absolute atomic E-state index is 5.83. The molecule has 3 aromatic heterocycles. The van der Waals surface area contributed by atoms with E-state index in [0.717, 1.165) is 46.3 Å². The molecule has 3 N–H and O–H groups in total. The lowest BCUT2D eigenvalue weighted by Crippen LogP contribution is -2.07. The van der Waals surface area contributed by atoms with Crippen LogP contribution in [0, 0.1) is 0 Å². The lowest BCUT2D eigenvalue weighted by molar-refractivity contribution is 0.768. The molecule has 1 aromatic carbocycles. The van der Waals surface area contributed by atoms with Gasteiger partial charge in [-0.3, -0.25) is 4.68 Å². The Morgan fingerprint density at radius 2 is 2.08 bits per heavy atom. The fourth-order valence-corrected chi connectivity index (χ4v) is 3.54. The monoisotopic (exact) mass is 316 g/mol. The van der Waals surface area contributed by atoms with Crippen molar-refractivity contribution in [2.45, 2.75) is 12.8 Å². The molecule has 118 valence electrons. The van der Waals surface area contributed by atoms with Crippen LogP contribution in [0.5, 0.6) is 0 Å². The summed E-state index contributed by atoms with van der Waals surface area (Å²) in [6, 6.07) is 6.45. The number of anilines is 1. The van der Waals surface area contributed by atoms with Gasteiger partial charge in [0.25, 0.3) is 0 Å². The van der Waals surface area contributed by atoms with Crippen molar-refractivity contribution in [2.24, 2.45) is 7.05 Å². The number of hydrogen-bond donors (Lipinski definition) is 2. The smallest absolute Gasteiger partial charge is 0.220 e. The average Bonchev–Trinajstić information content (AvgIpc) is 3.17. The van der Waals surface area contributed by atoms with Crippen molar-refractivity contribution in [3.05, 3.63) is 48.0 Å². The minimum atomic E-state index is 0.319. The van der Waals surface area contributed by atoms with Gasteiger partial charge in [-0.05, 0) is 36.1 Å². The Labute approximate surface area is 138 Å². The molecule has 3 heterocycles. The summed E-state index contributed by atoms with van der Waals surface area (Å²) >= 11 is 0. The topological polar surface area (TPSA) is 85.4 Å². The Balaban J connectivity index is 1.78. The minimum absolute atomic E-state index is 0.319. The Kier molecular flexibility index (Phi) is 2.59. The number of hydrogen-bond acceptors (Lipinski definition) is 4. The molecule has 0 radical (unpaired) electrons. The largest absolute Gasteiger partial charge is 0.368 e. The number of aryl methyl sites for hydroxylation is 3. The van der Waals surface area contributed by atoms with Crippen LogP contribution in [0.15, 0.2) is 36.8 Å². The molecule has 4 aromatic rings. The third kappa shape index (κ3) is 1.86. The van der Waals surface area contributed by atoms with Crippen molar-refractivity contribution < 1.29 is 0 Å². The molecule has 6 nitrogen and oxygen atoms in total. The summed E-state index contributed by atoms with van der Waals surface area (Å²) in [4.78, 5) is 12.2. The van der Waals surface area contributed by atoms with Crippen LogP contribution in [0.25, 0.3) is 33.3 Å². The molecule has 0 atom stereocenters. The lowest BCUT2D eigenvalue weighted by Gasteiger charge is -2.15. The van der Waals surface area contributed by atoms with Gasteiger partial charge in [0, 0.05) is 47.2 Å². The number of nitrogens with one attached hydrogen (secondary N) is 1. The molecule has 0 bridgehead atoms. The fraction of sp³-hybridized carbons (Fsp3) is 0.167. The van der Waals surface area contributed by atoms with Crippen LogP contribution in [-0.2, 0) is 19.9 Å². The molecule has 0 aliphatic heterocycles. The first-order chi connectivity index (χ1) is 11.7. The molecule has 0 spiro atoms. The zero-order chi connectivity index (χ0) is 16.3. The second-order valence-corrected chi connectivity index (χ2v) is 6.24. The Bertz CT molecular complexity index is 1090. The van der Waals surface area contributed by atoms with Crippen molar-refractivity contribution in [1.29, 1.82) is 0 Å². The van der Waals surface area contributed by atoms with Crippen molar-refractivity contribution in [3.63, 3.8) is 0 Å². The summed E-state index contributed by atoms with van der Waals surface area (Å²) in [6.45, 7) is 0. The molecule has 24 heavy (non-hydrogen) atoms. The quantitative estimate of drug-likeness (QED) is 0.565. The van der Waals surface area contributed by atoms with Crippen LogP contribution in [0.4, 0.5) is 5.95 Å². The van der Waals surface area contributed by atoms with E-state index in [2.05, 4.69) is 38.2 Å². The maximum atomic E-state index is 5.83. The number of rotatable bonds is 1. The number of aromatic amines is 1. The second-order valence-electron chi connectivity index (χ2n) is 6.24. The van der Waals surface area contributed by atoms with Crippen molar-refractivity contribution >= 4 is 16.9 Å². The first kappa shape index (κ1) is 13.3. The number of H-pyrrole nitrogens is 1. The Morgan fingerprint density at radius 3 is 2.92 bits per heavy atom. The van der Waals surface area contributed by atoms with Crippen molar-refractivity contribution in [1.82, 2.24) is 24.7 Å². The molecule has 0 unspecified atom stereocenters. The van der Waals surface area contributed by atoms with E-state index in [4.69, 9.17) is 5.73 Å². The van der Waals surface area contributed by atoms with E-state index >= 15 is 0 Å². The minimum Gasteiger partial charge on any atom is -0.368 e. The third-order valence-electron chi connectivity index (χ3n) is 4.68. The van der Waals surface area contributed by atoms with E-state index in [1.54, 1.807) is 0 Å².